The van der Waals surface area contributed by atoms with Gasteiger partial charge in [-0.15, -0.1) is 0 Å². The van der Waals surface area contributed by atoms with Crippen molar-refractivity contribution in [2.45, 2.75) is 52.1 Å². The highest BCUT2D eigenvalue weighted by molar-refractivity contribution is 5.29. The average Bonchev–Trinajstić information content (AvgIpc) is 2.50. The summed E-state index contributed by atoms with van der Waals surface area (Å²) in [6.45, 7) is 7.05. The molecule has 3 heteroatoms. The van der Waals surface area contributed by atoms with Crippen LogP contribution in [0.3, 0.4) is 0 Å². The van der Waals surface area contributed by atoms with E-state index in [9.17, 15) is 0 Å². The van der Waals surface area contributed by atoms with Crippen LogP contribution in [0, 0.1) is 23.2 Å². The molecule has 0 saturated heterocycles. The molecule has 0 aromatic heterocycles. The van der Waals surface area contributed by atoms with Gasteiger partial charge in [0.1, 0.15) is 11.8 Å². The lowest BCUT2D eigenvalue weighted by Crippen LogP contribution is -2.41. The Hall–Kier alpha value is -1.53. The molecule has 4 unspecified atom stereocenters. The van der Waals surface area contributed by atoms with E-state index in [1.54, 1.807) is 0 Å². The molecule has 3 nitrogen and oxygen atoms in total. The van der Waals surface area contributed by atoms with Crippen LogP contribution in [0.4, 0.5) is 0 Å². The Bertz CT molecular complexity index is 477. The molecule has 0 heterocycles. The van der Waals surface area contributed by atoms with Gasteiger partial charge in [0.25, 0.3) is 0 Å². The average molecular weight is 286 g/mol. The normalized spacial score (nSPS) is 26.9. The van der Waals surface area contributed by atoms with Crippen LogP contribution >= 0.6 is 0 Å². The third-order valence-electron chi connectivity index (χ3n) is 4.85. The van der Waals surface area contributed by atoms with Crippen molar-refractivity contribution in [3.63, 3.8) is 0 Å². The van der Waals surface area contributed by atoms with Gasteiger partial charge in [-0.1, -0.05) is 38.8 Å². The maximum atomic E-state index is 8.51. The topological polar surface area (TPSA) is 45.0 Å². The Morgan fingerprint density at radius 1 is 1.29 bits per heavy atom. The molecule has 1 aliphatic rings. The molecule has 0 radical (unpaired) electrons. The number of hydrogen-bond acceptors (Lipinski definition) is 3. The Kier molecular flexibility index (Phi) is 5.64. The summed E-state index contributed by atoms with van der Waals surface area (Å²) in [7, 11) is 0. The summed E-state index contributed by atoms with van der Waals surface area (Å²) in [5.41, 5.74) is 1.27. The highest BCUT2D eigenvalue weighted by atomic mass is 16.5. The van der Waals surface area contributed by atoms with Crippen LogP contribution < -0.4 is 10.1 Å². The van der Waals surface area contributed by atoms with Gasteiger partial charge in [-0.3, -0.25) is 0 Å². The fraction of sp³-hybridized carbons (Fsp3) is 0.611. The molecule has 2 rings (SSSR count). The summed E-state index contributed by atoms with van der Waals surface area (Å²) in [6.07, 6.45) is 3.97. The summed E-state index contributed by atoms with van der Waals surface area (Å²) < 4.78 is 5.29. The minimum Gasteiger partial charge on any atom is -0.479 e. The van der Waals surface area contributed by atoms with E-state index in [0.29, 0.717) is 12.1 Å². The Balaban J connectivity index is 1.93. The number of nitrogens with zero attached hydrogens (tertiary/aromatic N) is 1. The second-order valence-corrected chi connectivity index (χ2v) is 6.28. The first kappa shape index (κ1) is 15.9. The van der Waals surface area contributed by atoms with Crippen LogP contribution in [0.5, 0.6) is 5.75 Å². The largest absolute Gasteiger partial charge is 0.479 e. The van der Waals surface area contributed by atoms with Crippen molar-refractivity contribution in [3.8, 4) is 11.8 Å². The number of benzene rings is 1. The molecular weight excluding hydrogens is 260 g/mol. The van der Waals surface area contributed by atoms with Crippen LogP contribution in [0.2, 0.25) is 0 Å². The van der Waals surface area contributed by atoms with E-state index < -0.39 is 0 Å². The van der Waals surface area contributed by atoms with Crippen molar-refractivity contribution in [2.75, 3.05) is 6.61 Å². The number of ether oxygens (including phenoxy) is 1. The molecule has 1 saturated carbocycles. The molecule has 4 atom stereocenters. The summed E-state index contributed by atoms with van der Waals surface area (Å²) >= 11 is 0. The van der Waals surface area contributed by atoms with E-state index in [1.165, 1.54) is 24.8 Å². The summed E-state index contributed by atoms with van der Waals surface area (Å²) in [5.74, 6) is 2.30. The fourth-order valence-corrected chi connectivity index (χ4v) is 3.20. The molecule has 0 spiro atoms. The van der Waals surface area contributed by atoms with Crippen LogP contribution in [-0.4, -0.2) is 12.6 Å². The smallest absolute Gasteiger partial charge is 0.174 e. The third kappa shape index (κ3) is 4.22. The van der Waals surface area contributed by atoms with E-state index in [1.807, 2.05) is 18.2 Å². The van der Waals surface area contributed by atoms with Gasteiger partial charge < -0.3 is 10.1 Å². The number of nitrogens with one attached hydrogen (secondary N) is 1. The first-order chi connectivity index (χ1) is 10.1. The maximum Gasteiger partial charge on any atom is 0.174 e. The summed E-state index contributed by atoms with van der Waals surface area (Å²) in [5, 5.41) is 12.3. The van der Waals surface area contributed by atoms with Crippen LogP contribution in [0.25, 0.3) is 0 Å². The Morgan fingerprint density at radius 2 is 2.00 bits per heavy atom. The second kappa shape index (κ2) is 7.47. The van der Waals surface area contributed by atoms with Gasteiger partial charge >= 0.3 is 0 Å². The number of rotatable bonds is 5. The highest BCUT2D eigenvalue weighted by Crippen LogP contribution is 2.31. The molecule has 0 bridgehead atoms. The van der Waals surface area contributed by atoms with Crippen LogP contribution in [0.15, 0.2) is 24.3 Å². The van der Waals surface area contributed by atoms with Crippen LogP contribution in [-0.2, 0) is 0 Å². The fourth-order valence-electron chi connectivity index (χ4n) is 3.20. The molecule has 1 N–H and O–H groups in total. The maximum absolute atomic E-state index is 8.51. The predicted octanol–water partition coefficient (Wildman–Crippen LogP) is 4.06. The van der Waals surface area contributed by atoms with E-state index in [-0.39, 0.29) is 6.61 Å². The van der Waals surface area contributed by atoms with Crippen molar-refractivity contribution < 1.29 is 4.74 Å². The quantitative estimate of drug-likeness (QED) is 0.887. The van der Waals surface area contributed by atoms with E-state index in [4.69, 9.17) is 10.00 Å². The molecule has 114 valence electrons. The van der Waals surface area contributed by atoms with Crippen molar-refractivity contribution in [1.29, 1.82) is 5.26 Å². The van der Waals surface area contributed by atoms with Crippen LogP contribution in [0.1, 0.15) is 51.6 Å². The lowest BCUT2D eigenvalue weighted by molar-refractivity contribution is 0.196. The van der Waals surface area contributed by atoms with Gasteiger partial charge in [-0.2, -0.15) is 5.26 Å². The zero-order valence-electron chi connectivity index (χ0n) is 13.3. The van der Waals surface area contributed by atoms with Crippen molar-refractivity contribution in [3.05, 3.63) is 29.8 Å². The lowest BCUT2D eigenvalue weighted by Gasteiger charge is -2.36. The second-order valence-electron chi connectivity index (χ2n) is 6.28. The molecular formula is C18H26N2O. The monoisotopic (exact) mass is 286 g/mol. The molecule has 1 aromatic carbocycles. The first-order valence-corrected chi connectivity index (χ1v) is 7.97. The van der Waals surface area contributed by atoms with Gasteiger partial charge in [-0.25, -0.2) is 0 Å². The lowest BCUT2D eigenvalue weighted by atomic mass is 9.77. The summed E-state index contributed by atoms with van der Waals surface area (Å²) in [6, 6.07) is 11.0. The van der Waals surface area contributed by atoms with Gasteiger partial charge in [0.05, 0.1) is 0 Å². The zero-order chi connectivity index (χ0) is 15.2. The predicted molar refractivity (Wildman–Crippen MR) is 85.1 cm³/mol. The molecule has 1 aromatic rings. The molecule has 21 heavy (non-hydrogen) atoms. The number of nitriles is 1. The zero-order valence-corrected chi connectivity index (χ0v) is 13.3. The van der Waals surface area contributed by atoms with Gasteiger partial charge in [-0.05, 0) is 42.9 Å². The van der Waals surface area contributed by atoms with Gasteiger partial charge in [0.15, 0.2) is 6.61 Å². The summed E-state index contributed by atoms with van der Waals surface area (Å²) in [4.78, 5) is 0. The first-order valence-electron chi connectivity index (χ1n) is 7.97. The minimum absolute atomic E-state index is 0.102. The minimum atomic E-state index is 0.102. The van der Waals surface area contributed by atoms with E-state index in [2.05, 4.69) is 38.2 Å². The van der Waals surface area contributed by atoms with E-state index in [0.717, 1.165) is 17.6 Å². The molecule has 0 aliphatic heterocycles. The molecule has 0 amide bonds. The molecule has 1 fully saturated rings. The van der Waals surface area contributed by atoms with Crippen molar-refractivity contribution >= 4 is 0 Å². The third-order valence-corrected chi connectivity index (χ3v) is 4.85. The van der Waals surface area contributed by atoms with Gasteiger partial charge in [0, 0.05) is 12.1 Å². The number of hydrogen-bond donors (Lipinski definition) is 1. The van der Waals surface area contributed by atoms with E-state index >= 15 is 0 Å². The standard InChI is InChI=1S/C18H26N2O/c1-13-5-4-6-18(14(13)2)20-15(3)16-7-9-17(10-8-16)21-12-11-19/h7-10,13-15,18,20H,4-6,12H2,1-3H3. The Labute approximate surface area is 128 Å². The molecule has 1 aliphatic carbocycles. The Morgan fingerprint density at radius 3 is 2.67 bits per heavy atom. The van der Waals surface area contributed by atoms with Gasteiger partial charge in [0.2, 0.25) is 0 Å². The van der Waals surface area contributed by atoms with Crippen molar-refractivity contribution in [2.24, 2.45) is 11.8 Å². The highest BCUT2D eigenvalue weighted by Gasteiger charge is 2.27. The SMILES string of the molecule is CC(NC1CCCC(C)C1C)c1ccc(OCC#N)cc1. The van der Waals surface area contributed by atoms with Crippen molar-refractivity contribution in [1.82, 2.24) is 5.32 Å².